The molecule has 28 heavy (non-hydrogen) atoms. The molecule has 138 valence electrons. The van der Waals surface area contributed by atoms with E-state index in [9.17, 15) is 4.79 Å². The van der Waals surface area contributed by atoms with Gasteiger partial charge in [-0.05, 0) is 51.3 Å². The van der Waals surface area contributed by atoms with Crippen LogP contribution in [0, 0.1) is 10.4 Å². The molecule has 3 aromatic rings. The van der Waals surface area contributed by atoms with Crippen molar-refractivity contribution in [2.75, 3.05) is 5.32 Å². The Morgan fingerprint density at radius 1 is 1.07 bits per heavy atom. The van der Waals surface area contributed by atoms with Crippen molar-refractivity contribution in [2.45, 2.75) is 25.2 Å². The second-order valence-electron chi connectivity index (χ2n) is 7.14. The Balaban J connectivity index is 1.71. The fourth-order valence-electron chi connectivity index (χ4n) is 4.24. The van der Waals surface area contributed by atoms with E-state index in [-0.39, 0.29) is 11.8 Å². The monoisotopic (exact) mass is 387 g/mol. The molecule has 1 heterocycles. The van der Waals surface area contributed by atoms with Gasteiger partial charge in [0.15, 0.2) is 0 Å². The Labute approximate surface area is 166 Å². The number of aromatic nitrogens is 2. The van der Waals surface area contributed by atoms with Gasteiger partial charge < -0.3 is 5.32 Å². The zero-order valence-electron chi connectivity index (χ0n) is 15.2. The van der Waals surface area contributed by atoms with Crippen molar-refractivity contribution in [3.8, 4) is 0 Å². The van der Waals surface area contributed by atoms with Crippen LogP contribution in [-0.2, 0) is 11.2 Å². The largest absolute Gasteiger partial charge is 0.310 e. The molecule has 2 aromatic carbocycles. The molecule has 1 atom stereocenters. The van der Waals surface area contributed by atoms with Gasteiger partial charge in [-0.3, -0.25) is 4.79 Å². The molecule has 0 aliphatic heterocycles. The second kappa shape index (κ2) is 6.88. The number of hydrogen-bond acceptors (Lipinski definition) is 3. The average molecular weight is 388 g/mol. The minimum Gasteiger partial charge on any atom is -0.310 e. The lowest BCUT2D eigenvalue weighted by Crippen LogP contribution is -2.29. The van der Waals surface area contributed by atoms with E-state index < -0.39 is 0 Å². The first-order chi connectivity index (χ1) is 13.7. The van der Waals surface area contributed by atoms with E-state index >= 15 is 0 Å². The molecular formula is C23H18ClN3O. The first-order valence-electron chi connectivity index (χ1n) is 9.42. The number of nitrogens with zero attached hydrogens (tertiary/aromatic N) is 2. The summed E-state index contributed by atoms with van der Waals surface area (Å²) < 4.78 is 0. The Morgan fingerprint density at radius 2 is 1.96 bits per heavy atom. The number of carbonyl (C=O) groups is 1. The molecular weight excluding hydrogens is 370 g/mol. The quantitative estimate of drug-likeness (QED) is 0.687. The summed E-state index contributed by atoms with van der Waals surface area (Å²) in [6.07, 6.45) is 8.88. The highest BCUT2D eigenvalue weighted by molar-refractivity contribution is 6.29. The first kappa shape index (κ1) is 17.1. The SMILES string of the molecule is O=C(Nc1cc(Cl)ncn1)C1C=c2ccccc2=c2ccc3c(c21)CCCC=3. The van der Waals surface area contributed by atoms with Crippen molar-refractivity contribution < 1.29 is 4.79 Å². The molecule has 5 heteroatoms. The Hall–Kier alpha value is -2.98. The zero-order chi connectivity index (χ0) is 19.1. The third kappa shape index (κ3) is 2.90. The Bertz CT molecular complexity index is 1320. The van der Waals surface area contributed by atoms with E-state index in [0.29, 0.717) is 11.0 Å². The molecule has 1 amide bonds. The number of rotatable bonds is 2. The first-order valence-corrected chi connectivity index (χ1v) is 9.80. The smallest absolute Gasteiger partial charge is 0.236 e. The summed E-state index contributed by atoms with van der Waals surface area (Å²) in [6.45, 7) is 0. The van der Waals surface area contributed by atoms with Gasteiger partial charge in [0, 0.05) is 6.07 Å². The fraction of sp³-hybridized carbons (Fsp3) is 0.174. The molecule has 0 spiro atoms. The molecule has 5 rings (SSSR count). The van der Waals surface area contributed by atoms with Crippen LogP contribution < -0.4 is 15.8 Å². The van der Waals surface area contributed by atoms with Gasteiger partial charge in [0.05, 0.1) is 5.92 Å². The summed E-state index contributed by atoms with van der Waals surface area (Å²) in [4.78, 5) is 21.3. The van der Waals surface area contributed by atoms with E-state index in [1.54, 1.807) is 6.07 Å². The zero-order valence-corrected chi connectivity index (χ0v) is 15.9. The summed E-state index contributed by atoms with van der Waals surface area (Å²) >= 11 is 5.94. The standard InChI is InChI=1S/C23H18ClN3O/c24-20-12-21(26-13-25-20)27-23(28)19-11-15-6-2-3-7-16(15)18-10-9-14-5-1-4-8-17(14)22(18)19/h2-3,5-7,9-13,19H,1,4,8H2,(H,25,26,27,28). The highest BCUT2D eigenvalue weighted by Gasteiger charge is 2.26. The van der Waals surface area contributed by atoms with Gasteiger partial charge in [-0.2, -0.15) is 0 Å². The number of amides is 1. The van der Waals surface area contributed by atoms with Crippen LogP contribution in [0.2, 0.25) is 5.15 Å². The van der Waals surface area contributed by atoms with E-state index in [2.05, 4.69) is 51.7 Å². The van der Waals surface area contributed by atoms with Crippen molar-refractivity contribution in [3.63, 3.8) is 0 Å². The minimum atomic E-state index is -0.375. The number of anilines is 1. The van der Waals surface area contributed by atoms with Gasteiger partial charge in [-0.25, -0.2) is 9.97 Å². The molecule has 2 aliphatic carbocycles. The number of carbonyl (C=O) groups excluding carboxylic acids is 1. The van der Waals surface area contributed by atoms with E-state index in [1.807, 2.05) is 12.1 Å². The van der Waals surface area contributed by atoms with Crippen LogP contribution in [0.3, 0.4) is 0 Å². The van der Waals surface area contributed by atoms with Crippen molar-refractivity contribution in [2.24, 2.45) is 0 Å². The minimum absolute atomic E-state index is 0.107. The summed E-state index contributed by atoms with van der Waals surface area (Å²) in [7, 11) is 0. The molecule has 2 aliphatic rings. The number of benzene rings is 2. The van der Waals surface area contributed by atoms with Gasteiger partial charge in [-0.15, -0.1) is 0 Å². The molecule has 1 aromatic heterocycles. The van der Waals surface area contributed by atoms with Crippen LogP contribution in [0.5, 0.6) is 0 Å². The topological polar surface area (TPSA) is 54.9 Å². The number of fused-ring (bicyclic) bond motifs is 4. The molecule has 0 bridgehead atoms. The predicted octanol–water partition coefficient (Wildman–Crippen LogP) is 3.05. The van der Waals surface area contributed by atoms with Crippen molar-refractivity contribution in [1.82, 2.24) is 9.97 Å². The molecule has 0 fully saturated rings. The maximum Gasteiger partial charge on any atom is 0.236 e. The normalized spacial score (nSPS) is 16.7. The summed E-state index contributed by atoms with van der Waals surface area (Å²) in [6, 6.07) is 14.1. The van der Waals surface area contributed by atoms with Gasteiger partial charge in [0.2, 0.25) is 5.91 Å². The molecule has 1 unspecified atom stereocenters. The van der Waals surface area contributed by atoms with Crippen LogP contribution in [0.25, 0.3) is 12.2 Å². The number of halogens is 1. The maximum atomic E-state index is 13.3. The molecule has 0 saturated heterocycles. The van der Waals surface area contributed by atoms with Crippen molar-refractivity contribution in [1.29, 1.82) is 0 Å². The van der Waals surface area contributed by atoms with E-state index in [1.165, 1.54) is 22.3 Å². The van der Waals surface area contributed by atoms with Crippen molar-refractivity contribution in [3.05, 3.63) is 85.9 Å². The molecule has 1 N–H and O–H groups in total. The van der Waals surface area contributed by atoms with Crippen LogP contribution in [0.4, 0.5) is 5.82 Å². The van der Waals surface area contributed by atoms with E-state index in [0.717, 1.165) is 35.3 Å². The number of nitrogens with one attached hydrogen (secondary N) is 1. The molecule has 0 saturated carbocycles. The second-order valence-corrected chi connectivity index (χ2v) is 7.52. The maximum absolute atomic E-state index is 13.3. The summed E-state index contributed by atoms with van der Waals surface area (Å²) in [5.74, 6) is -0.0697. The van der Waals surface area contributed by atoms with Crippen LogP contribution in [0.15, 0.2) is 48.8 Å². The van der Waals surface area contributed by atoms with Gasteiger partial charge in [0.1, 0.15) is 17.3 Å². The van der Waals surface area contributed by atoms with Crippen LogP contribution >= 0.6 is 11.6 Å². The van der Waals surface area contributed by atoms with Gasteiger partial charge in [0.25, 0.3) is 0 Å². The summed E-state index contributed by atoms with van der Waals surface area (Å²) in [5, 5.41) is 7.87. The lowest BCUT2D eigenvalue weighted by Gasteiger charge is -2.23. The third-order valence-corrected chi connectivity index (χ3v) is 5.67. The predicted molar refractivity (Wildman–Crippen MR) is 110 cm³/mol. The van der Waals surface area contributed by atoms with Crippen LogP contribution in [-0.4, -0.2) is 15.9 Å². The lowest BCUT2D eigenvalue weighted by molar-refractivity contribution is -0.116. The average Bonchev–Trinajstić information content (AvgIpc) is 2.72. The highest BCUT2D eigenvalue weighted by Crippen LogP contribution is 2.28. The third-order valence-electron chi connectivity index (χ3n) is 5.46. The lowest BCUT2D eigenvalue weighted by atomic mass is 9.82. The van der Waals surface area contributed by atoms with Crippen LogP contribution in [0.1, 0.15) is 29.9 Å². The Kier molecular flexibility index (Phi) is 4.21. The number of hydrogen-bond donors (Lipinski definition) is 1. The summed E-state index contributed by atoms with van der Waals surface area (Å²) in [5.41, 5.74) is 2.40. The van der Waals surface area contributed by atoms with Gasteiger partial charge in [-0.1, -0.05) is 60.2 Å². The van der Waals surface area contributed by atoms with Gasteiger partial charge >= 0.3 is 0 Å². The molecule has 4 nitrogen and oxygen atoms in total. The van der Waals surface area contributed by atoms with Crippen molar-refractivity contribution >= 4 is 35.5 Å². The van der Waals surface area contributed by atoms with E-state index in [4.69, 9.17) is 11.6 Å². The highest BCUT2D eigenvalue weighted by atomic mass is 35.5. The fourth-order valence-corrected chi connectivity index (χ4v) is 4.39. The Morgan fingerprint density at radius 3 is 2.86 bits per heavy atom. The molecule has 0 radical (unpaired) electrons.